The molecule has 26 heavy (non-hydrogen) atoms. The van der Waals surface area contributed by atoms with E-state index in [1.807, 2.05) is 29.2 Å². The van der Waals surface area contributed by atoms with Crippen LogP contribution >= 0.6 is 0 Å². The summed E-state index contributed by atoms with van der Waals surface area (Å²) in [6.07, 6.45) is 2.55. The molecule has 1 amide bonds. The van der Waals surface area contributed by atoms with Gasteiger partial charge >= 0.3 is 0 Å². The highest BCUT2D eigenvalue weighted by atomic mass is 16.7. The fourth-order valence-corrected chi connectivity index (χ4v) is 4.51. The maximum Gasteiger partial charge on any atom is 0.296 e. The highest BCUT2D eigenvalue weighted by molar-refractivity contribution is 6.05. The summed E-state index contributed by atoms with van der Waals surface area (Å²) in [6, 6.07) is 7.82. The lowest BCUT2D eigenvalue weighted by Gasteiger charge is -2.37. The van der Waals surface area contributed by atoms with Crippen LogP contribution < -0.4 is 9.80 Å². The lowest BCUT2D eigenvalue weighted by molar-refractivity contribution is -0.907. The van der Waals surface area contributed by atoms with Crippen molar-refractivity contribution in [3.8, 4) is 0 Å². The summed E-state index contributed by atoms with van der Waals surface area (Å²) in [5.74, 6) is -1.73. The molecule has 0 bridgehead atoms. The summed E-state index contributed by atoms with van der Waals surface area (Å²) in [5.41, 5.74) is 1.74. The summed E-state index contributed by atoms with van der Waals surface area (Å²) in [4.78, 5) is 16.5. The highest BCUT2D eigenvalue weighted by Crippen LogP contribution is 2.44. The van der Waals surface area contributed by atoms with Crippen LogP contribution in [0, 0.1) is 0 Å². The Kier molecular flexibility index (Phi) is 4.02. The molecule has 4 aliphatic rings. The van der Waals surface area contributed by atoms with Crippen LogP contribution in [0.5, 0.6) is 0 Å². The van der Waals surface area contributed by atoms with Gasteiger partial charge in [-0.3, -0.25) is 9.69 Å². The van der Waals surface area contributed by atoms with E-state index in [1.165, 1.54) is 4.90 Å². The lowest BCUT2D eigenvalue weighted by Crippen LogP contribution is -3.15. The molecule has 0 aromatic heterocycles. The number of fused-ring (bicyclic) bond motifs is 2. The molecule has 140 valence electrons. The number of likely N-dealkylation sites (tertiary alicyclic amines) is 1. The Balaban J connectivity index is 1.35. The number of quaternary nitrogens is 1. The SMILES string of the molecule is O=C1N(C[NH+]2CCC3(CC2)OCCO3)c2ccccc2C12OCCCO2. The van der Waals surface area contributed by atoms with Gasteiger partial charge in [0.2, 0.25) is 0 Å². The van der Waals surface area contributed by atoms with E-state index in [0.717, 1.165) is 43.6 Å². The van der Waals surface area contributed by atoms with Crippen LogP contribution in [0.4, 0.5) is 5.69 Å². The standard InChI is InChI=1S/C19H24N2O5/c22-17-19(25-10-3-11-26-19)15-4-1-2-5-16(15)21(17)14-20-8-6-18(7-9-20)23-12-13-24-18/h1-2,4-5H,3,6-14H2/p+1. The molecule has 0 atom stereocenters. The van der Waals surface area contributed by atoms with Crippen LogP contribution in [0.3, 0.4) is 0 Å². The number of amides is 1. The molecular weight excluding hydrogens is 336 g/mol. The van der Waals surface area contributed by atoms with Crippen molar-refractivity contribution < 1.29 is 28.6 Å². The van der Waals surface area contributed by atoms with Gasteiger partial charge in [-0.05, 0) is 12.5 Å². The van der Waals surface area contributed by atoms with Crippen molar-refractivity contribution in [3.05, 3.63) is 29.8 Å². The number of carbonyl (C=O) groups is 1. The minimum Gasteiger partial charge on any atom is -0.347 e. The first kappa shape index (κ1) is 16.6. The zero-order valence-corrected chi connectivity index (χ0v) is 14.9. The van der Waals surface area contributed by atoms with Crippen LogP contribution in [-0.2, 0) is 29.5 Å². The van der Waals surface area contributed by atoms with E-state index in [-0.39, 0.29) is 11.7 Å². The van der Waals surface area contributed by atoms with E-state index >= 15 is 0 Å². The molecule has 4 aliphatic heterocycles. The molecule has 4 heterocycles. The van der Waals surface area contributed by atoms with Gasteiger partial charge in [0, 0.05) is 5.56 Å². The van der Waals surface area contributed by atoms with Gasteiger partial charge in [0.05, 0.1) is 58.0 Å². The number of para-hydroxylation sites is 1. The molecule has 1 N–H and O–H groups in total. The third kappa shape index (κ3) is 2.50. The van der Waals surface area contributed by atoms with E-state index < -0.39 is 5.79 Å². The number of hydrogen-bond acceptors (Lipinski definition) is 5. The van der Waals surface area contributed by atoms with E-state index in [4.69, 9.17) is 18.9 Å². The Morgan fingerprint density at radius 1 is 0.962 bits per heavy atom. The molecule has 3 fully saturated rings. The van der Waals surface area contributed by atoms with Crippen molar-refractivity contribution in [2.24, 2.45) is 0 Å². The molecule has 7 heteroatoms. The molecule has 1 aromatic rings. The van der Waals surface area contributed by atoms with Gasteiger partial charge in [-0.25, -0.2) is 0 Å². The maximum atomic E-state index is 13.3. The van der Waals surface area contributed by atoms with E-state index in [9.17, 15) is 4.79 Å². The molecule has 0 saturated carbocycles. The van der Waals surface area contributed by atoms with Gasteiger partial charge in [-0.15, -0.1) is 0 Å². The van der Waals surface area contributed by atoms with Gasteiger partial charge in [0.25, 0.3) is 11.7 Å². The zero-order valence-electron chi connectivity index (χ0n) is 14.9. The number of benzene rings is 1. The molecule has 0 radical (unpaired) electrons. The number of nitrogens with one attached hydrogen (secondary N) is 1. The monoisotopic (exact) mass is 361 g/mol. The lowest BCUT2D eigenvalue weighted by atomic mass is 10.0. The molecule has 0 unspecified atom stereocenters. The molecule has 1 aromatic carbocycles. The highest BCUT2D eigenvalue weighted by Gasteiger charge is 2.56. The first-order chi connectivity index (χ1) is 12.7. The topological polar surface area (TPSA) is 61.7 Å². The first-order valence-corrected chi connectivity index (χ1v) is 9.53. The Morgan fingerprint density at radius 3 is 2.38 bits per heavy atom. The van der Waals surface area contributed by atoms with Gasteiger partial charge < -0.3 is 23.8 Å². The average molecular weight is 361 g/mol. The molecular formula is C19H25N2O5+. The van der Waals surface area contributed by atoms with Crippen molar-refractivity contribution >= 4 is 11.6 Å². The van der Waals surface area contributed by atoms with E-state index in [1.54, 1.807) is 0 Å². The summed E-state index contributed by atoms with van der Waals surface area (Å²) < 4.78 is 23.4. The minimum atomic E-state index is -1.25. The molecule has 7 nitrogen and oxygen atoms in total. The van der Waals surface area contributed by atoms with Crippen molar-refractivity contribution in [1.82, 2.24) is 0 Å². The second-order valence-electron chi connectivity index (χ2n) is 7.43. The van der Waals surface area contributed by atoms with Gasteiger partial charge in [-0.1, -0.05) is 18.2 Å². The smallest absolute Gasteiger partial charge is 0.296 e. The van der Waals surface area contributed by atoms with Crippen LogP contribution in [0.1, 0.15) is 24.8 Å². The number of carbonyl (C=O) groups excluding carboxylic acids is 1. The molecule has 3 saturated heterocycles. The maximum absolute atomic E-state index is 13.3. The fourth-order valence-electron chi connectivity index (χ4n) is 4.51. The number of rotatable bonds is 2. The molecule has 5 rings (SSSR count). The average Bonchev–Trinajstić information content (AvgIpc) is 3.23. The predicted molar refractivity (Wildman–Crippen MR) is 91.6 cm³/mol. The van der Waals surface area contributed by atoms with Gasteiger partial charge in [0.15, 0.2) is 12.5 Å². The summed E-state index contributed by atoms with van der Waals surface area (Å²) in [6.45, 7) is 4.90. The van der Waals surface area contributed by atoms with E-state index in [2.05, 4.69) is 0 Å². The normalized spacial score (nSPS) is 27.4. The largest absolute Gasteiger partial charge is 0.347 e. The molecule has 0 aliphatic carbocycles. The fraction of sp³-hybridized carbons (Fsp3) is 0.632. The van der Waals surface area contributed by atoms with Crippen LogP contribution in [0.25, 0.3) is 0 Å². The predicted octanol–water partition coefficient (Wildman–Crippen LogP) is 0.00220. The summed E-state index contributed by atoms with van der Waals surface area (Å²) in [7, 11) is 0. The van der Waals surface area contributed by atoms with E-state index in [0.29, 0.717) is 33.1 Å². The second kappa shape index (κ2) is 6.28. The van der Waals surface area contributed by atoms with Crippen LogP contribution in [0.15, 0.2) is 24.3 Å². The number of piperidine rings is 1. The zero-order chi connectivity index (χ0) is 17.6. The Labute approximate surface area is 152 Å². The Bertz CT molecular complexity index is 687. The second-order valence-corrected chi connectivity index (χ2v) is 7.43. The van der Waals surface area contributed by atoms with Crippen LogP contribution in [-0.4, -0.2) is 57.9 Å². The molecule has 2 spiro atoms. The van der Waals surface area contributed by atoms with Crippen molar-refractivity contribution in [2.75, 3.05) is 51.1 Å². The third-order valence-corrected chi connectivity index (χ3v) is 5.89. The first-order valence-electron chi connectivity index (χ1n) is 9.53. The summed E-state index contributed by atoms with van der Waals surface area (Å²) in [5, 5.41) is 0. The third-order valence-electron chi connectivity index (χ3n) is 5.89. The Morgan fingerprint density at radius 2 is 1.65 bits per heavy atom. The number of anilines is 1. The number of ether oxygens (including phenoxy) is 4. The van der Waals surface area contributed by atoms with Crippen LogP contribution in [0.2, 0.25) is 0 Å². The van der Waals surface area contributed by atoms with Crippen molar-refractivity contribution in [1.29, 1.82) is 0 Å². The minimum absolute atomic E-state index is 0.0976. The van der Waals surface area contributed by atoms with Gasteiger partial charge in [0.1, 0.15) is 0 Å². The quantitative estimate of drug-likeness (QED) is 0.804. The number of hydrogen-bond donors (Lipinski definition) is 1. The Hall–Kier alpha value is -1.51. The number of nitrogens with zero attached hydrogens (tertiary/aromatic N) is 1. The van der Waals surface area contributed by atoms with Crippen molar-refractivity contribution in [3.63, 3.8) is 0 Å². The van der Waals surface area contributed by atoms with Gasteiger partial charge in [-0.2, -0.15) is 0 Å². The van der Waals surface area contributed by atoms with Crippen molar-refractivity contribution in [2.45, 2.75) is 30.8 Å². The summed E-state index contributed by atoms with van der Waals surface area (Å²) >= 11 is 0.